The van der Waals surface area contributed by atoms with Crippen LogP contribution in [0.2, 0.25) is 0 Å². The summed E-state index contributed by atoms with van der Waals surface area (Å²) in [5.74, 6) is 0.736. The Kier molecular flexibility index (Phi) is 2.62. The molecule has 1 aromatic heterocycles. The third-order valence-electron chi connectivity index (χ3n) is 1.40. The fourth-order valence-corrected chi connectivity index (χ4v) is 0.895. The maximum atomic E-state index is 3.87. The van der Waals surface area contributed by atoms with E-state index in [2.05, 4.69) is 34.7 Å². The van der Waals surface area contributed by atoms with E-state index in [1.165, 1.54) is 0 Å². The highest BCUT2D eigenvalue weighted by molar-refractivity contribution is 5.23. The molecule has 0 unspecified atom stereocenters. The quantitative estimate of drug-likeness (QED) is 0.735. The molecule has 5 nitrogen and oxygen atoms in total. The van der Waals surface area contributed by atoms with Crippen molar-refractivity contribution in [2.75, 3.05) is 5.32 Å². The first-order valence-electron chi connectivity index (χ1n) is 4.15. The topological polar surface area (TPSA) is 55.6 Å². The minimum absolute atomic E-state index is 0.293. The molecule has 0 aliphatic rings. The molecule has 0 aliphatic heterocycles. The van der Waals surface area contributed by atoms with Crippen LogP contribution < -0.4 is 5.32 Å². The van der Waals surface area contributed by atoms with E-state index in [9.17, 15) is 0 Å². The van der Waals surface area contributed by atoms with E-state index in [0.29, 0.717) is 12.1 Å². The summed E-state index contributed by atoms with van der Waals surface area (Å²) in [6.07, 6.45) is 0. The summed E-state index contributed by atoms with van der Waals surface area (Å²) < 4.78 is 1.76. The molecular formula is C7H15N5. The van der Waals surface area contributed by atoms with Crippen LogP contribution in [0.5, 0.6) is 0 Å². The molecule has 0 aromatic carbocycles. The summed E-state index contributed by atoms with van der Waals surface area (Å²) in [5, 5.41) is 14.5. The lowest BCUT2D eigenvalue weighted by molar-refractivity contribution is 0.517. The van der Waals surface area contributed by atoms with E-state index in [1.807, 2.05) is 13.8 Å². The monoisotopic (exact) mass is 169 g/mol. The SMILES string of the molecule is CC(C)Nc1nnnn1C(C)C. The van der Waals surface area contributed by atoms with E-state index in [4.69, 9.17) is 0 Å². The predicted octanol–water partition coefficient (Wildman–Crippen LogP) is 1.07. The minimum atomic E-state index is 0.293. The van der Waals surface area contributed by atoms with E-state index in [0.717, 1.165) is 5.95 Å². The van der Waals surface area contributed by atoms with Crippen LogP contribution in [0.25, 0.3) is 0 Å². The fourth-order valence-electron chi connectivity index (χ4n) is 0.895. The Morgan fingerprint density at radius 2 is 1.92 bits per heavy atom. The van der Waals surface area contributed by atoms with E-state index in [-0.39, 0.29) is 0 Å². The lowest BCUT2D eigenvalue weighted by Gasteiger charge is -2.11. The van der Waals surface area contributed by atoms with Crippen molar-refractivity contribution in [2.45, 2.75) is 39.8 Å². The summed E-state index contributed by atoms with van der Waals surface area (Å²) in [6.45, 7) is 8.20. The third-order valence-corrected chi connectivity index (χ3v) is 1.40. The Morgan fingerprint density at radius 1 is 1.25 bits per heavy atom. The van der Waals surface area contributed by atoms with Crippen molar-refractivity contribution in [3.8, 4) is 0 Å². The van der Waals surface area contributed by atoms with Crippen molar-refractivity contribution in [3.63, 3.8) is 0 Å². The first-order chi connectivity index (χ1) is 5.61. The van der Waals surface area contributed by atoms with Crippen LogP contribution >= 0.6 is 0 Å². The van der Waals surface area contributed by atoms with Crippen molar-refractivity contribution >= 4 is 5.95 Å². The van der Waals surface area contributed by atoms with Crippen LogP contribution in [0.15, 0.2) is 0 Å². The highest BCUT2D eigenvalue weighted by Gasteiger charge is 2.08. The highest BCUT2D eigenvalue weighted by atomic mass is 15.6. The molecule has 0 fully saturated rings. The molecule has 0 bridgehead atoms. The van der Waals surface area contributed by atoms with Gasteiger partial charge in [0.2, 0.25) is 5.95 Å². The standard InChI is InChI=1S/C7H15N5/c1-5(2)8-7-9-10-11-12(7)6(3)4/h5-6H,1-4H3,(H,8,9,11). The smallest absolute Gasteiger partial charge is 0.243 e. The molecule has 0 saturated heterocycles. The van der Waals surface area contributed by atoms with E-state index < -0.39 is 0 Å². The normalized spacial score (nSPS) is 11.2. The summed E-state index contributed by atoms with van der Waals surface area (Å²) in [5.41, 5.74) is 0. The van der Waals surface area contributed by atoms with Gasteiger partial charge in [0.15, 0.2) is 0 Å². The van der Waals surface area contributed by atoms with Gasteiger partial charge in [-0.1, -0.05) is 5.10 Å². The van der Waals surface area contributed by atoms with E-state index >= 15 is 0 Å². The van der Waals surface area contributed by atoms with Crippen molar-refractivity contribution in [3.05, 3.63) is 0 Å². The van der Waals surface area contributed by atoms with Gasteiger partial charge in [-0.15, -0.1) is 0 Å². The van der Waals surface area contributed by atoms with Gasteiger partial charge in [0.1, 0.15) is 0 Å². The second-order valence-corrected chi connectivity index (χ2v) is 3.34. The Balaban J connectivity index is 2.77. The molecule has 1 N–H and O–H groups in total. The van der Waals surface area contributed by atoms with Gasteiger partial charge in [-0.2, -0.15) is 0 Å². The maximum Gasteiger partial charge on any atom is 0.243 e. The summed E-state index contributed by atoms with van der Waals surface area (Å²) >= 11 is 0. The molecule has 1 aromatic rings. The molecule has 1 heterocycles. The van der Waals surface area contributed by atoms with Gasteiger partial charge in [0, 0.05) is 6.04 Å². The van der Waals surface area contributed by atoms with Gasteiger partial charge < -0.3 is 5.32 Å². The first-order valence-corrected chi connectivity index (χ1v) is 4.15. The zero-order valence-corrected chi connectivity index (χ0v) is 7.94. The Morgan fingerprint density at radius 3 is 2.42 bits per heavy atom. The van der Waals surface area contributed by atoms with Crippen LogP contribution in [0.4, 0.5) is 5.95 Å². The number of aromatic nitrogens is 4. The molecule has 0 spiro atoms. The van der Waals surface area contributed by atoms with Crippen LogP contribution in [0, 0.1) is 0 Å². The summed E-state index contributed by atoms with van der Waals surface area (Å²) in [6, 6.07) is 0.648. The second kappa shape index (κ2) is 3.51. The van der Waals surface area contributed by atoms with Crippen LogP contribution in [0.1, 0.15) is 33.7 Å². The molecular weight excluding hydrogens is 154 g/mol. The van der Waals surface area contributed by atoms with Crippen LogP contribution in [0.3, 0.4) is 0 Å². The average Bonchev–Trinajstić information content (AvgIpc) is 2.33. The zero-order chi connectivity index (χ0) is 9.14. The molecule has 1 rings (SSSR count). The zero-order valence-electron chi connectivity index (χ0n) is 7.94. The number of rotatable bonds is 3. The molecule has 12 heavy (non-hydrogen) atoms. The molecule has 5 heteroatoms. The first kappa shape index (κ1) is 8.96. The number of nitrogens with zero attached hydrogens (tertiary/aromatic N) is 4. The predicted molar refractivity (Wildman–Crippen MR) is 47.0 cm³/mol. The van der Waals surface area contributed by atoms with Gasteiger partial charge in [-0.25, -0.2) is 4.68 Å². The lowest BCUT2D eigenvalue weighted by atomic mass is 10.4. The van der Waals surface area contributed by atoms with Gasteiger partial charge >= 0.3 is 0 Å². The average molecular weight is 169 g/mol. The molecule has 0 radical (unpaired) electrons. The van der Waals surface area contributed by atoms with Gasteiger partial charge in [-0.05, 0) is 38.1 Å². The lowest BCUT2D eigenvalue weighted by Crippen LogP contribution is -2.16. The molecule has 0 aliphatic carbocycles. The highest BCUT2D eigenvalue weighted by Crippen LogP contribution is 2.08. The summed E-state index contributed by atoms with van der Waals surface area (Å²) in [4.78, 5) is 0. The number of hydrogen-bond donors (Lipinski definition) is 1. The minimum Gasteiger partial charge on any atom is -0.351 e. The van der Waals surface area contributed by atoms with Crippen LogP contribution in [-0.2, 0) is 0 Å². The fraction of sp³-hybridized carbons (Fsp3) is 0.857. The third kappa shape index (κ3) is 1.93. The maximum absolute atomic E-state index is 3.87. The van der Waals surface area contributed by atoms with Crippen molar-refractivity contribution in [1.82, 2.24) is 20.2 Å². The van der Waals surface area contributed by atoms with Crippen molar-refractivity contribution in [2.24, 2.45) is 0 Å². The Bertz CT molecular complexity index is 240. The van der Waals surface area contributed by atoms with Crippen molar-refractivity contribution < 1.29 is 0 Å². The molecule has 0 saturated carbocycles. The largest absolute Gasteiger partial charge is 0.351 e. The number of nitrogens with one attached hydrogen (secondary N) is 1. The van der Waals surface area contributed by atoms with Crippen LogP contribution in [-0.4, -0.2) is 26.2 Å². The van der Waals surface area contributed by atoms with Crippen molar-refractivity contribution in [1.29, 1.82) is 0 Å². The Labute approximate surface area is 72.2 Å². The second-order valence-electron chi connectivity index (χ2n) is 3.34. The molecule has 0 atom stereocenters. The number of tetrazole rings is 1. The Hall–Kier alpha value is -1.13. The number of anilines is 1. The van der Waals surface area contributed by atoms with Gasteiger partial charge in [0.05, 0.1) is 6.04 Å². The van der Waals surface area contributed by atoms with E-state index in [1.54, 1.807) is 4.68 Å². The molecule has 68 valence electrons. The van der Waals surface area contributed by atoms with Gasteiger partial charge in [0.25, 0.3) is 0 Å². The van der Waals surface area contributed by atoms with Gasteiger partial charge in [-0.3, -0.25) is 0 Å². The molecule has 0 amide bonds. The summed E-state index contributed by atoms with van der Waals surface area (Å²) in [7, 11) is 0. The number of hydrogen-bond acceptors (Lipinski definition) is 4.